The summed E-state index contributed by atoms with van der Waals surface area (Å²) >= 11 is 2.76. The predicted molar refractivity (Wildman–Crippen MR) is 94.2 cm³/mol. The Morgan fingerprint density at radius 1 is 1.46 bits per heavy atom. The fourth-order valence-electron chi connectivity index (χ4n) is 2.52. The molecular formula is C14H11N5O3S2. The van der Waals surface area contributed by atoms with E-state index in [1.807, 2.05) is 10.3 Å². The van der Waals surface area contributed by atoms with Crippen molar-refractivity contribution >= 4 is 55.2 Å². The molecule has 0 fully saturated rings. The summed E-state index contributed by atoms with van der Waals surface area (Å²) in [7, 11) is 0. The number of hydrogen-bond acceptors (Lipinski definition) is 8. The number of non-ortho nitro benzene ring substituents is 1. The van der Waals surface area contributed by atoms with E-state index < -0.39 is 4.92 Å². The molecule has 8 nitrogen and oxygen atoms in total. The van der Waals surface area contributed by atoms with Gasteiger partial charge < -0.3 is 10.2 Å². The number of nitro groups is 1. The van der Waals surface area contributed by atoms with Gasteiger partial charge in [0.1, 0.15) is 0 Å². The molecule has 0 aliphatic carbocycles. The Morgan fingerprint density at radius 2 is 2.33 bits per heavy atom. The number of thioether (sulfide) groups is 1. The van der Waals surface area contributed by atoms with E-state index in [1.165, 1.54) is 35.2 Å². The number of thiazole rings is 1. The second-order valence-corrected chi connectivity index (χ2v) is 7.06. The number of amidine groups is 1. The smallest absolute Gasteiger partial charge is 0.270 e. The van der Waals surface area contributed by atoms with Gasteiger partial charge in [0.2, 0.25) is 5.91 Å². The maximum absolute atomic E-state index is 12.2. The number of nitro benzene ring substituents is 1. The molecule has 0 unspecified atom stereocenters. The molecule has 1 aromatic heterocycles. The molecule has 24 heavy (non-hydrogen) atoms. The summed E-state index contributed by atoms with van der Waals surface area (Å²) in [6.45, 7) is 1.57. The molecule has 122 valence electrons. The molecule has 2 aliphatic heterocycles. The van der Waals surface area contributed by atoms with Gasteiger partial charge in [0.05, 0.1) is 28.1 Å². The Balaban J connectivity index is 1.47. The minimum absolute atomic E-state index is 0.0120. The largest absolute Gasteiger partial charge is 0.322 e. The van der Waals surface area contributed by atoms with Crippen molar-refractivity contribution in [2.24, 2.45) is 4.99 Å². The number of aliphatic imine (C=N–C) groups is 1. The van der Waals surface area contributed by atoms with Crippen molar-refractivity contribution < 1.29 is 9.72 Å². The van der Waals surface area contributed by atoms with Crippen LogP contribution >= 0.6 is 23.1 Å². The Labute approximate surface area is 144 Å². The molecule has 0 saturated carbocycles. The van der Waals surface area contributed by atoms with Crippen molar-refractivity contribution in [3.8, 4) is 0 Å². The zero-order chi connectivity index (χ0) is 16.7. The Bertz CT molecular complexity index is 920. The number of benzene rings is 1. The van der Waals surface area contributed by atoms with E-state index in [1.54, 1.807) is 6.07 Å². The lowest BCUT2D eigenvalue weighted by Gasteiger charge is -2.15. The van der Waals surface area contributed by atoms with Crippen LogP contribution < -0.4 is 5.32 Å². The van der Waals surface area contributed by atoms with Gasteiger partial charge in [-0.15, -0.1) is 0 Å². The summed E-state index contributed by atoms with van der Waals surface area (Å²) in [4.78, 5) is 33.3. The zero-order valence-electron chi connectivity index (χ0n) is 12.3. The van der Waals surface area contributed by atoms with Crippen LogP contribution in [-0.2, 0) is 4.79 Å². The van der Waals surface area contributed by atoms with E-state index in [9.17, 15) is 14.9 Å². The summed E-state index contributed by atoms with van der Waals surface area (Å²) in [6, 6.07) is 4.46. The number of carbonyl (C=O) groups is 1. The van der Waals surface area contributed by atoms with Crippen molar-refractivity contribution in [3.05, 3.63) is 39.4 Å². The molecule has 0 saturated heterocycles. The van der Waals surface area contributed by atoms with Crippen LogP contribution in [0.1, 0.15) is 6.42 Å². The second-order valence-electron chi connectivity index (χ2n) is 5.20. The van der Waals surface area contributed by atoms with Crippen molar-refractivity contribution in [3.63, 3.8) is 0 Å². The van der Waals surface area contributed by atoms with E-state index in [0.29, 0.717) is 15.3 Å². The van der Waals surface area contributed by atoms with Gasteiger partial charge in [-0.1, -0.05) is 23.1 Å². The van der Waals surface area contributed by atoms with E-state index in [-0.39, 0.29) is 18.0 Å². The summed E-state index contributed by atoms with van der Waals surface area (Å²) in [6.07, 6.45) is 0.252. The molecule has 1 aromatic carbocycles. The van der Waals surface area contributed by atoms with Crippen LogP contribution in [0.3, 0.4) is 0 Å². The third kappa shape index (κ3) is 2.74. The first-order chi connectivity index (χ1) is 11.6. The van der Waals surface area contributed by atoms with Gasteiger partial charge in [-0.2, -0.15) is 0 Å². The topological polar surface area (TPSA) is 101 Å². The average Bonchev–Trinajstić information content (AvgIpc) is 3.22. The third-order valence-corrected chi connectivity index (χ3v) is 5.50. The molecule has 2 aliphatic rings. The summed E-state index contributed by atoms with van der Waals surface area (Å²) < 4.78 is 0.670. The summed E-state index contributed by atoms with van der Waals surface area (Å²) in [5.41, 5.74) is 1.58. The molecule has 0 radical (unpaired) electrons. The molecule has 3 heterocycles. The highest BCUT2D eigenvalue weighted by molar-refractivity contribution is 8.16. The van der Waals surface area contributed by atoms with E-state index in [4.69, 9.17) is 0 Å². The Hall–Kier alpha value is -2.46. The highest BCUT2D eigenvalue weighted by Gasteiger charge is 2.27. The molecular weight excluding hydrogens is 350 g/mol. The van der Waals surface area contributed by atoms with Crippen molar-refractivity contribution in [2.45, 2.75) is 6.42 Å². The third-order valence-electron chi connectivity index (χ3n) is 3.62. The van der Waals surface area contributed by atoms with Gasteiger partial charge in [-0.05, 0) is 11.5 Å². The first-order valence-corrected chi connectivity index (χ1v) is 8.82. The maximum Gasteiger partial charge on any atom is 0.270 e. The minimum atomic E-state index is -0.448. The Morgan fingerprint density at radius 3 is 3.17 bits per heavy atom. The van der Waals surface area contributed by atoms with Gasteiger partial charge in [0.25, 0.3) is 5.69 Å². The lowest BCUT2D eigenvalue weighted by molar-refractivity contribution is -0.384. The quantitative estimate of drug-likeness (QED) is 0.664. The van der Waals surface area contributed by atoms with Crippen LogP contribution in [0, 0.1) is 10.1 Å². The van der Waals surface area contributed by atoms with Crippen LogP contribution in [-0.4, -0.2) is 39.0 Å². The first-order valence-electron chi connectivity index (χ1n) is 7.13. The standard InChI is InChI=1S/C14H11N5O3S2/c20-12(6-9-7-23-14-15-3-4-18(9)14)17-13-16-10-2-1-8(19(21)22)5-11(10)24-13/h1-2,5,7H,3-4,6H2,(H,16,17,20). The number of hydrogen-bond donors (Lipinski definition) is 1. The van der Waals surface area contributed by atoms with Gasteiger partial charge >= 0.3 is 0 Å². The monoisotopic (exact) mass is 361 g/mol. The molecule has 1 amide bonds. The van der Waals surface area contributed by atoms with Crippen LogP contribution in [0.25, 0.3) is 10.2 Å². The summed E-state index contributed by atoms with van der Waals surface area (Å²) in [5, 5.41) is 16.9. The summed E-state index contributed by atoms with van der Waals surface area (Å²) in [5.74, 6) is -0.163. The normalized spacial score (nSPS) is 16.1. The van der Waals surface area contributed by atoms with Gasteiger partial charge in [0.15, 0.2) is 10.3 Å². The fraction of sp³-hybridized carbons (Fsp3) is 0.214. The number of rotatable bonds is 4. The van der Waals surface area contributed by atoms with Crippen LogP contribution in [0.5, 0.6) is 0 Å². The lowest BCUT2D eigenvalue weighted by atomic mass is 10.3. The lowest BCUT2D eigenvalue weighted by Crippen LogP contribution is -2.24. The first kappa shape index (κ1) is 15.1. The average molecular weight is 361 g/mol. The molecule has 0 spiro atoms. The number of anilines is 1. The molecule has 2 aromatic rings. The van der Waals surface area contributed by atoms with Crippen LogP contribution in [0.15, 0.2) is 34.3 Å². The van der Waals surface area contributed by atoms with Crippen LogP contribution in [0.2, 0.25) is 0 Å². The maximum atomic E-state index is 12.2. The fourth-order valence-corrected chi connectivity index (χ4v) is 4.39. The van der Waals surface area contributed by atoms with Crippen molar-refractivity contribution in [1.29, 1.82) is 0 Å². The zero-order valence-corrected chi connectivity index (χ0v) is 13.9. The number of aromatic nitrogens is 1. The van der Waals surface area contributed by atoms with E-state index >= 15 is 0 Å². The number of nitrogens with zero attached hydrogens (tertiary/aromatic N) is 4. The van der Waals surface area contributed by atoms with Gasteiger partial charge in [-0.25, -0.2) is 4.98 Å². The van der Waals surface area contributed by atoms with Crippen LogP contribution in [0.4, 0.5) is 10.8 Å². The molecule has 0 bridgehead atoms. The molecule has 10 heteroatoms. The number of nitrogens with one attached hydrogen (secondary N) is 1. The van der Waals surface area contributed by atoms with Gasteiger partial charge in [0, 0.05) is 24.4 Å². The predicted octanol–water partition coefficient (Wildman–Crippen LogP) is 2.79. The van der Waals surface area contributed by atoms with Gasteiger partial charge in [-0.3, -0.25) is 19.9 Å². The second kappa shape index (κ2) is 5.87. The number of carbonyl (C=O) groups excluding carboxylic acids is 1. The highest BCUT2D eigenvalue weighted by atomic mass is 32.2. The minimum Gasteiger partial charge on any atom is -0.322 e. The highest BCUT2D eigenvalue weighted by Crippen LogP contribution is 2.32. The molecule has 1 N–H and O–H groups in total. The van der Waals surface area contributed by atoms with Crippen molar-refractivity contribution in [1.82, 2.24) is 9.88 Å². The molecule has 0 atom stereocenters. The van der Waals surface area contributed by atoms with E-state index in [2.05, 4.69) is 15.3 Å². The number of fused-ring (bicyclic) bond motifs is 2. The number of amides is 1. The van der Waals surface area contributed by atoms with E-state index in [0.717, 1.165) is 24.0 Å². The molecule has 4 rings (SSSR count). The van der Waals surface area contributed by atoms with Crippen molar-refractivity contribution in [2.75, 3.05) is 18.4 Å². The Kier molecular flexibility index (Phi) is 3.69. The SMILES string of the molecule is O=C(CC1=CSC2=NCCN12)Nc1nc2ccc([N+](=O)[O-])cc2s1.